The van der Waals surface area contributed by atoms with Gasteiger partial charge < -0.3 is 0 Å². The van der Waals surface area contributed by atoms with Crippen LogP contribution in [0.2, 0.25) is 0 Å². The molecule has 0 spiro atoms. The van der Waals surface area contributed by atoms with Crippen molar-refractivity contribution in [3.05, 3.63) is 30.3 Å². The van der Waals surface area contributed by atoms with Crippen LogP contribution < -0.4 is 5.30 Å². The Morgan fingerprint density at radius 3 is 1.95 bits per heavy atom. The zero-order valence-electron chi connectivity index (χ0n) is 12.7. The Balaban J connectivity index is 2.32. The number of benzene rings is 1. The van der Waals surface area contributed by atoms with Crippen molar-refractivity contribution in [2.45, 2.75) is 52.6 Å². The fraction of sp³-hybridized carbons (Fsp3) is 0.625. The highest BCUT2D eigenvalue weighted by Gasteiger charge is 2.32. The van der Waals surface area contributed by atoms with Crippen molar-refractivity contribution >= 4 is 13.5 Å². The minimum atomic E-state index is -0.333. The molecule has 1 atom stereocenters. The van der Waals surface area contributed by atoms with Crippen molar-refractivity contribution in [3.63, 3.8) is 0 Å². The highest BCUT2D eigenvalue weighted by Crippen LogP contribution is 2.47. The van der Waals surface area contributed by atoms with Gasteiger partial charge in [-0.25, -0.2) is 0 Å². The molecule has 0 aliphatic carbocycles. The van der Waals surface area contributed by atoms with E-state index in [2.05, 4.69) is 67.4 Å². The Hall–Kier alpha value is -0.430. The maximum atomic E-state index is 2.71. The maximum Gasteiger partial charge on any atom is 0.0729 e. The lowest BCUT2D eigenvalue weighted by Crippen LogP contribution is -2.40. The van der Waals surface area contributed by atoms with Crippen LogP contribution in [0.4, 0.5) is 0 Å². The second kappa shape index (κ2) is 6.83. The van der Waals surface area contributed by atoms with Gasteiger partial charge in [0.15, 0.2) is 0 Å². The standard InChI is InChI=1S/C16H27N2P/c1-14(2)18(15(3)4)19(17-12-8-9-13-17)16-10-6-5-7-11-16/h5-7,10-11,14-15H,8-9,12-13H2,1-4H3. The fourth-order valence-corrected chi connectivity index (χ4v) is 5.79. The molecule has 0 N–H and O–H groups in total. The molecular weight excluding hydrogens is 251 g/mol. The topological polar surface area (TPSA) is 6.48 Å². The van der Waals surface area contributed by atoms with E-state index in [4.69, 9.17) is 0 Å². The zero-order chi connectivity index (χ0) is 13.8. The Kier molecular flexibility index (Phi) is 5.38. The molecule has 2 rings (SSSR count). The molecule has 0 aromatic heterocycles. The summed E-state index contributed by atoms with van der Waals surface area (Å²) in [6, 6.07) is 12.3. The summed E-state index contributed by atoms with van der Waals surface area (Å²) in [7, 11) is -0.333. The predicted molar refractivity (Wildman–Crippen MR) is 85.9 cm³/mol. The van der Waals surface area contributed by atoms with Gasteiger partial charge in [-0.2, -0.15) is 0 Å². The Bertz CT molecular complexity index is 364. The fourth-order valence-electron chi connectivity index (χ4n) is 2.93. The van der Waals surface area contributed by atoms with Crippen molar-refractivity contribution < 1.29 is 0 Å². The van der Waals surface area contributed by atoms with Gasteiger partial charge in [0, 0.05) is 30.5 Å². The van der Waals surface area contributed by atoms with Crippen LogP contribution in [0.15, 0.2) is 30.3 Å². The first-order chi connectivity index (χ1) is 9.11. The smallest absolute Gasteiger partial charge is 0.0729 e. The molecule has 1 aliphatic heterocycles. The summed E-state index contributed by atoms with van der Waals surface area (Å²) in [6.45, 7) is 11.8. The van der Waals surface area contributed by atoms with E-state index in [1.54, 1.807) is 0 Å². The number of nitrogens with zero attached hydrogens (tertiary/aromatic N) is 2. The Morgan fingerprint density at radius 2 is 1.47 bits per heavy atom. The lowest BCUT2D eigenvalue weighted by molar-refractivity contribution is 0.306. The summed E-state index contributed by atoms with van der Waals surface area (Å²) in [5.41, 5.74) is 0. The maximum absolute atomic E-state index is 2.71. The average Bonchev–Trinajstić information content (AvgIpc) is 2.89. The summed E-state index contributed by atoms with van der Waals surface area (Å²) in [5, 5.41) is 1.50. The van der Waals surface area contributed by atoms with E-state index in [1.165, 1.54) is 31.2 Å². The van der Waals surface area contributed by atoms with Gasteiger partial charge in [-0.15, -0.1) is 0 Å². The van der Waals surface area contributed by atoms with Crippen LogP contribution in [0.3, 0.4) is 0 Å². The Morgan fingerprint density at radius 1 is 0.947 bits per heavy atom. The van der Waals surface area contributed by atoms with Crippen molar-refractivity contribution in [2.24, 2.45) is 0 Å². The lowest BCUT2D eigenvalue weighted by Gasteiger charge is -2.42. The molecule has 0 bridgehead atoms. The van der Waals surface area contributed by atoms with Gasteiger partial charge in [0.25, 0.3) is 0 Å². The lowest BCUT2D eigenvalue weighted by atomic mass is 10.3. The molecule has 1 unspecified atom stereocenters. The highest BCUT2D eigenvalue weighted by molar-refractivity contribution is 7.61. The first-order valence-corrected chi connectivity index (χ1v) is 8.74. The molecule has 19 heavy (non-hydrogen) atoms. The van der Waals surface area contributed by atoms with Crippen molar-refractivity contribution in [1.82, 2.24) is 9.34 Å². The third kappa shape index (κ3) is 3.56. The first kappa shape index (κ1) is 15.0. The minimum absolute atomic E-state index is 0.333. The third-order valence-corrected chi connectivity index (χ3v) is 6.67. The highest BCUT2D eigenvalue weighted by atomic mass is 31.1. The monoisotopic (exact) mass is 278 g/mol. The van der Waals surface area contributed by atoms with Crippen molar-refractivity contribution in [1.29, 1.82) is 0 Å². The van der Waals surface area contributed by atoms with E-state index in [9.17, 15) is 0 Å². The molecule has 1 aliphatic rings. The van der Waals surface area contributed by atoms with Gasteiger partial charge in [0.05, 0.1) is 8.22 Å². The SMILES string of the molecule is CC(C)N(C(C)C)P(c1ccccc1)N1CCCC1. The van der Waals surface area contributed by atoms with Crippen molar-refractivity contribution in [3.8, 4) is 0 Å². The van der Waals surface area contributed by atoms with Gasteiger partial charge >= 0.3 is 0 Å². The van der Waals surface area contributed by atoms with E-state index in [1.807, 2.05) is 0 Å². The van der Waals surface area contributed by atoms with Gasteiger partial charge in [0.2, 0.25) is 0 Å². The summed E-state index contributed by atoms with van der Waals surface area (Å²) in [5.74, 6) is 0. The summed E-state index contributed by atoms with van der Waals surface area (Å²) in [4.78, 5) is 0. The number of hydrogen-bond acceptors (Lipinski definition) is 2. The minimum Gasteiger partial charge on any atom is -0.266 e. The Labute approximate surface area is 119 Å². The third-order valence-electron chi connectivity index (χ3n) is 3.61. The van der Waals surface area contributed by atoms with Crippen molar-refractivity contribution in [2.75, 3.05) is 13.1 Å². The molecule has 2 nitrogen and oxygen atoms in total. The van der Waals surface area contributed by atoms with Gasteiger partial charge in [0.1, 0.15) is 0 Å². The van der Waals surface area contributed by atoms with Crippen LogP contribution in [0.25, 0.3) is 0 Å². The summed E-state index contributed by atoms with van der Waals surface area (Å²) in [6.07, 6.45) is 2.71. The summed E-state index contributed by atoms with van der Waals surface area (Å²) >= 11 is 0. The van der Waals surface area contributed by atoms with Gasteiger partial charge in [-0.05, 0) is 40.5 Å². The second-order valence-electron chi connectivity index (χ2n) is 5.85. The molecule has 0 radical (unpaired) electrons. The molecule has 1 fully saturated rings. The molecule has 1 heterocycles. The van der Waals surface area contributed by atoms with E-state index in [0.29, 0.717) is 12.1 Å². The normalized spacial score (nSPS) is 18.7. The molecular formula is C16H27N2P. The van der Waals surface area contributed by atoms with Gasteiger partial charge in [-0.1, -0.05) is 30.3 Å². The van der Waals surface area contributed by atoms with Crippen LogP contribution in [-0.2, 0) is 0 Å². The first-order valence-electron chi connectivity index (χ1n) is 7.49. The second-order valence-corrected chi connectivity index (χ2v) is 7.98. The van der Waals surface area contributed by atoms with Gasteiger partial charge in [-0.3, -0.25) is 9.34 Å². The quantitative estimate of drug-likeness (QED) is 0.755. The largest absolute Gasteiger partial charge is 0.266 e. The molecule has 0 saturated carbocycles. The molecule has 1 aromatic rings. The van der Waals surface area contributed by atoms with E-state index < -0.39 is 0 Å². The van der Waals surface area contributed by atoms with Crippen LogP contribution in [-0.4, -0.2) is 34.5 Å². The van der Waals surface area contributed by atoms with Crippen LogP contribution in [0.5, 0.6) is 0 Å². The van der Waals surface area contributed by atoms with E-state index >= 15 is 0 Å². The predicted octanol–water partition coefficient (Wildman–Crippen LogP) is 3.84. The molecule has 106 valence electrons. The van der Waals surface area contributed by atoms with Crippen LogP contribution in [0.1, 0.15) is 40.5 Å². The van der Waals surface area contributed by atoms with Crippen LogP contribution in [0, 0.1) is 0 Å². The molecule has 1 aromatic carbocycles. The number of hydrogen-bond donors (Lipinski definition) is 0. The van der Waals surface area contributed by atoms with Crippen LogP contribution >= 0.6 is 8.22 Å². The average molecular weight is 278 g/mol. The molecule has 1 saturated heterocycles. The zero-order valence-corrected chi connectivity index (χ0v) is 13.6. The molecule has 3 heteroatoms. The number of rotatable bonds is 5. The molecule has 0 amide bonds. The van der Waals surface area contributed by atoms with E-state index in [0.717, 1.165) is 0 Å². The van der Waals surface area contributed by atoms with E-state index in [-0.39, 0.29) is 8.22 Å². The summed E-state index contributed by atoms with van der Waals surface area (Å²) < 4.78 is 5.42.